The summed E-state index contributed by atoms with van der Waals surface area (Å²) in [6.45, 7) is 11.0. The second-order valence-electron chi connectivity index (χ2n) is 13.4. The molecule has 0 spiro atoms. The third-order valence-corrected chi connectivity index (χ3v) is 9.21. The van der Waals surface area contributed by atoms with Crippen LogP contribution in [0.25, 0.3) is 17.3 Å². The number of allylic oxidation sites excluding steroid dienone is 2. The summed E-state index contributed by atoms with van der Waals surface area (Å²) >= 11 is 0. The summed E-state index contributed by atoms with van der Waals surface area (Å²) < 4.78 is 18.8. The van der Waals surface area contributed by atoms with Crippen molar-refractivity contribution in [1.82, 2.24) is 14.7 Å². The fourth-order valence-corrected chi connectivity index (χ4v) is 7.23. The highest BCUT2D eigenvalue weighted by Gasteiger charge is 2.44. The predicted molar refractivity (Wildman–Crippen MR) is 175 cm³/mol. The molecular formula is C37H45N3O5. The minimum Gasteiger partial charge on any atom is -0.497 e. The van der Waals surface area contributed by atoms with E-state index in [1.165, 1.54) is 36.1 Å². The summed E-state index contributed by atoms with van der Waals surface area (Å²) in [5.74, 6) is 0.560. The van der Waals surface area contributed by atoms with E-state index in [4.69, 9.17) is 19.3 Å². The summed E-state index contributed by atoms with van der Waals surface area (Å²) in [7, 11) is 1.68. The van der Waals surface area contributed by atoms with Crippen molar-refractivity contribution < 1.29 is 23.8 Å². The van der Waals surface area contributed by atoms with Gasteiger partial charge in [-0.1, -0.05) is 31.4 Å². The maximum atomic E-state index is 13.3. The summed E-state index contributed by atoms with van der Waals surface area (Å²) in [4.78, 5) is 29.0. The summed E-state index contributed by atoms with van der Waals surface area (Å²) in [5.41, 5.74) is 8.16. The van der Waals surface area contributed by atoms with Crippen molar-refractivity contribution in [2.45, 2.75) is 91.3 Å². The number of carbonyl (C=O) groups excluding carboxylic acids is 2. The van der Waals surface area contributed by atoms with E-state index in [2.05, 4.69) is 29.2 Å². The van der Waals surface area contributed by atoms with Crippen LogP contribution in [0.3, 0.4) is 0 Å². The molecule has 1 aromatic carbocycles. The van der Waals surface area contributed by atoms with Gasteiger partial charge in [-0.05, 0) is 94.4 Å². The topological polar surface area (TPSA) is 82.9 Å². The van der Waals surface area contributed by atoms with Crippen LogP contribution in [0.2, 0.25) is 0 Å². The first-order valence-electron chi connectivity index (χ1n) is 16.4. The van der Waals surface area contributed by atoms with E-state index < -0.39 is 5.60 Å². The molecule has 3 heterocycles. The number of nitrogens with zero attached hydrogens (tertiary/aromatic N) is 3. The number of hydrogen-bond acceptors (Lipinski definition) is 7. The highest BCUT2D eigenvalue weighted by molar-refractivity contribution is 6.00. The maximum absolute atomic E-state index is 13.3. The summed E-state index contributed by atoms with van der Waals surface area (Å²) in [6.07, 6.45) is 14.6. The van der Waals surface area contributed by atoms with Crippen molar-refractivity contribution >= 4 is 29.3 Å². The smallest absolute Gasteiger partial charge is 0.341 e. The number of aromatic nitrogens is 2. The number of fused-ring (bicyclic) bond motifs is 5. The molecule has 0 N–H and O–H groups in total. The van der Waals surface area contributed by atoms with E-state index >= 15 is 0 Å². The Labute approximate surface area is 266 Å². The Morgan fingerprint density at radius 3 is 2.51 bits per heavy atom. The SMILES string of the molecule is CCOC(=O)c1cn(CC)nc1C1=Cc2cc(OC)ccc2C2=C(C3CCCCC3)C3=CC=C(C(=O)OC(C)(C)C)CC3N2C1. The van der Waals surface area contributed by atoms with Crippen LogP contribution in [0.15, 0.2) is 53.3 Å². The molecule has 0 bridgehead atoms. The largest absolute Gasteiger partial charge is 0.497 e. The van der Waals surface area contributed by atoms with Gasteiger partial charge in [-0.25, -0.2) is 9.59 Å². The number of ether oxygens (including phenoxy) is 3. The zero-order chi connectivity index (χ0) is 31.9. The first-order valence-corrected chi connectivity index (χ1v) is 16.4. The Bertz CT molecular complexity index is 1630. The molecule has 0 radical (unpaired) electrons. The van der Waals surface area contributed by atoms with Gasteiger partial charge in [-0.15, -0.1) is 0 Å². The fraction of sp³-hybridized carbons (Fsp3) is 0.486. The van der Waals surface area contributed by atoms with Gasteiger partial charge >= 0.3 is 11.9 Å². The molecule has 2 aromatic rings. The van der Waals surface area contributed by atoms with Crippen LogP contribution in [0.4, 0.5) is 0 Å². The lowest BCUT2D eigenvalue weighted by molar-refractivity contribution is -0.150. The third-order valence-electron chi connectivity index (χ3n) is 9.21. The van der Waals surface area contributed by atoms with Crippen LogP contribution in [0, 0.1) is 5.92 Å². The first-order chi connectivity index (χ1) is 21.6. The normalized spacial score (nSPS) is 19.9. The number of hydrogen-bond donors (Lipinski definition) is 0. The van der Waals surface area contributed by atoms with Gasteiger partial charge in [0.1, 0.15) is 22.6 Å². The van der Waals surface area contributed by atoms with Gasteiger partial charge in [-0.3, -0.25) is 4.68 Å². The van der Waals surface area contributed by atoms with Gasteiger partial charge in [0.25, 0.3) is 0 Å². The summed E-state index contributed by atoms with van der Waals surface area (Å²) in [6, 6.07) is 6.22. The Morgan fingerprint density at radius 2 is 1.82 bits per heavy atom. The molecule has 0 amide bonds. The number of aryl methyl sites for hydroxylation is 1. The predicted octanol–water partition coefficient (Wildman–Crippen LogP) is 7.22. The molecule has 6 rings (SSSR count). The molecule has 8 heteroatoms. The van der Waals surface area contributed by atoms with E-state index in [0.29, 0.717) is 42.3 Å². The highest BCUT2D eigenvalue weighted by atomic mass is 16.6. The number of methoxy groups -OCH3 is 1. The Hall–Kier alpha value is -4.07. The number of rotatable bonds is 7. The highest BCUT2D eigenvalue weighted by Crippen LogP contribution is 2.52. The van der Waals surface area contributed by atoms with Crippen LogP contribution in [-0.4, -0.2) is 58.5 Å². The molecular weight excluding hydrogens is 566 g/mol. The molecule has 0 saturated heterocycles. The zero-order valence-electron chi connectivity index (χ0n) is 27.4. The molecule has 1 saturated carbocycles. The second kappa shape index (κ2) is 12.4. The molecule has 8 nitrogen and oxygen atoms in total. The molecule has 2 aliphatic carbocycles. The lowest BCUT2D eigenvalue weighted by atomic mass is 9.77. The fourth-order valence-electron chi connectivity index (χ4n) is 7.23. The molecule has 1 aromatic heterocycles. The van der Waals surface area contributed by atoms with Crippen LogP contribution >= 0.6 is 0 Å². The quantitative estimate of drug-likeness (QED) is 0.306. The Balaban J connectivity index is 1.53. The van der Waals surface area contributed by atoms with Crippen LogP contribution < -0.4 is 4.74 Å². The maximum Gasteiger partial charge on any atom is 0.341 e. The van der Waals surface area contributed by atoms with E-state index in [9.17, 15) is 9.59 Å². The van der Waals surface area contributed by atoms with Crippen molar-refractivity contribution in [1.29, 1.82) is 0 Å². The number of benzene rings is 1. The monoisotopic (exact) mass is 611 g/mol. The van der Waals surface area contributed by atoms with Crippen molar-refractivity contribution in [2.75, 3.05) is 20.3 Å². The Kier molecular flexibility index (Phi) is 8.51. The van der Waals surface area contributed by atoms with Gasteiger partial charge in [0, 0.05) is 48.1 Å². The van der Waals surface area contributed by atoms with Gasteiger partial charge in [0.2, 0.25) is 0 Å². The molecule has 1 atom stereocenters. The van der Waals surface area contributed by atoms with E-state index in [-0.39, 0.29) is 24.6 Å². The van der Waals surface area contributed by atoms with E-state index in [1.54, 1.807) is 18.0 Å². The van der Waals surface area contributed by atoms with E-state index in [0.717, 1.165) is 35.3 Å². The van der Waals surface area contributed by atoms with E-state index in [1.807, 2.05) is 46.8 Å². The molecule has 1 fully saturated rings. The zero-order valence-corrected chi connectivity index (χ0v) is 27.4. The molecule has 1 unspecified atom stereocenters. The average molecular weight is 612 g/mol. The molecule has 45 heavy (non-hydrogen) atoms. The van der Waals surface area contributed by atoms with Gasteiger partial charge < -0.3 is 19.1 Å². The van der Waals surface area contributed by atoms with Gasteiger partial charge in [-0.2, -0.15) is 5.10 Å². The Morgan fingerprint density at radius 1 is 1.04 bits per heavy atom. The van der Waals surface area contributed by atoms with Gasteiger partial charge in [0.15, 0.2) is 0 Å². The van der Waals surface area contributed by atoms with Crippen molar-refractivity contribution in [2.24, 2.45) is 5.92 Å². The number of carbonyl (C=O) groups is 2. The lowest BCUT2D eigenvalue weighted by Crippen LogP contribution is -2.35. The first kappa shape index (κ1) is 30.9. The van der Waals surface area contributed by atoms with Crippen LogP contribution in [-0.2, 0) is 20.8 Å². The van der Waals surface area contributed by atoms with Gasteiger partial charge in [0.05, 0.1) is 19.8 Å². The minimum absolute atomic E-state index is 0.0415. The van der Waals surface area contributed by atoms with Crippen molar-refractivity contribution in [3.63, 3.8) is 0 Å². The van der Waals surface area contributed by atoms with Crippen LogP contribution in [0.1, 0.15) is 100 Å². The summed E-state index contributed by atoms with van der Waals surface area (Å²) in [5, 5.41) is 4.90. The molecule has 2 aliphatic heterocycles. The second-order valence-corrected chi connectivity index (χ2v) is 13.4. The van der Waals surface area contributed by atoms with Crippen molar-refractivity contribution in [3.8, 4) is 5.75 Å². The molecule has 238 valence electrons. The average Bonchev–Trinajstić information content (AvgIpc) is 3.55. The number of esters is 2. The standard InChI is InChI=1S/C37H45N3O5/c1-7-39-22-30(36(42)44-8-2)33(38-39)26-18-25-19-27(43-6)15-17-28(25)34-32(23-12-10-9-11-13-23)29-16-14-24(20-31(29)40(34)21-26)35(41)45-37(3,4)5/h14-19,22-23,31H,7-13,20-21H2,1-6H3. The van der Waals surface area contributed by atoms with Crippen molar-refractivity contribution in [3.05, 3.63) is 75.7 Å². The lowest BCUT2D eigenvalue weighted by Gasteiger charge is -2.32. The molecule has 4 aliphatic rings. The third kappa shape index (κ3) is 5.99. The minimum atomic E-state index is -0.577. The van der Waals surface area contributed by atoms with Crippen LogP contribution in [0.5, 0.6) is 5.75 Å².